The molecule has 0 N–H and O–H groups in total. The molecule has 1 spiro atoms. The Balaban J connectivity index is 1.85. The number of hydrogen-bond donors (Lipinski definition) is 0. The molecule has 2 aliphatic heterocycles. The van der Waals surface area contributed by atoms with Crippen molar-refractivity contribution in [1.29, 1.82) is 5.26 Å². The Bertz CT molecular complexity index is 603. The fourth-order valence-electron chi connectivity index (χ4n) is 6.26. The zero-order valence-electron chi connectivity index (χ0n) is 13.1. The van der Waals surface area contributed by atoms with Crippen molar-refractivity contribution < 1.29 is 9.53 Å². The van der Waals surface area contributed by atoms with Gasteiger partial charge in [-0.15, -0.1) is 0 Å². The van der Waals surface area contributed by atoms with Crippen molar-refractivity contribution in [2.75, 3.05) is 0 Å². The zero-order chi connectivity index (χ0) is 15.0. The maximum absolute atomic E-state index is 12.8. The molecule has 6 atom stereocenters. The van der Waals surface area contributed by atoms with Gasteiger partial charge >= 0.3 is 0 Å². The standard InChI is InChI=1S/C18H23NO2/c1-11-7-14(20)16(2,5-4-6-19)15-13-8-12-9-18(11,15)10-17(12,3)21-13/h7,12-13,15H,4-5,8-10H2,1-3H3. The van der Waals surface area contributed by atoms with E-state index in [9.17, 15) is 4.79 Å². The molecule has 4 bridgehead atoms. The summed E-state index contributed by atoms with van der Waals surface area (Å²) in [6.45, 7) is 6.49. The average Bonchev–Trinajstić information content (AvgIpc) is 2.78. The minimum Gasteiger partial charge on any atom is -0.371 e. The molecule has 2 saturated heterocycles. The number of ketones is 1. The van der Waals surface area contributed by atoms with Crippen LogP contribution in [-0.4, -0.2) is 17.5 Å². The predicted molar refractivity (Wildman–Crippen MR) is 78.3 cm³/mol. The smallest absolute Gasteiger partial charge is 0.161 e. The van der Waals surface area contributed by atoms with Crippen molar-refractivity contribution in [3.8, 4) is 6.07 Å². The van der Waals surface area contributed by atoms with Crippen LogP contribution in [0, 0.1) is 34.0 Å². The SMILES string of the molecule is CC1=CC(=O)C(C)(CCC#N)C2C3CC4CC12CC4(C)O3. The molecule has 3 nitrogen and oxygen atoms in total. The van der Waals surface area contributed by atoms with Crippen molar-refractivity contribution in [3.05, 3.63) is 11.6 Å². The van der Waals surface area contributed by atoms with Crippen LogP contribution in [0.1, 0.15) is 52.9 Å². The first-order chi connectivity index (χ1) is 9.86. The second-order valence-corrected chi connectivity index (χ2v) is 8.18. The summed E-state index contributed by atoms with van der Waals surface area (Å²) in [5.41, 5.74) is 1.02. The van der Waals surface area contributed by atoms with Crippen LogP contribution in [0.4, 0.5) is 0 Å². The number of carbonyl (C=O) groups is 1. The Hall–Kier alpha value is -1.14. The Kier molecular flexibility index (Phi) is 2.44. The summed E-state index contributed by atoms with van der Waals surface area (Å²) in [7, 11) is 0. The van der Waals surface area contributed by atoms with Crippen LogP contribution in [0.25, 0.3) is 0 Å². The molecule has 2 heterocycles. The highest BCUT2D eigenvalue weighted by Gasteiger charge is 2.72. The van der Waals surface area contributed by atoms with E-state index in [-0.39, 0.29) is 28.8 Å². The van der Waals surface area contributed by atoms with Gasteiger partial charge in [-0.25, -0.2) is 0 Å². The van der Waals surface area contributed by atoms with Gasteiger partial charge in [0.05, 0.1) is 17.8 Å². The van der Waals surface area contributed by atoms with Crippen LogP contribution in [0.5, 0.6) is 0 Å². The molecule has 6 unspecified atom stereocenters. The monoisotopic (exact) mass is 285 g/mol. The number of allylic oxidation sites excluding steroid dienone is 2. The van der Waals surface area contributed by atoms with Gasteiger partial charge in [-0.05, 0) is 51.5 Å². The minimum atomic E-state index is -0.420. The Morgan fingerprint density at radius 1 is 1.48 bits per heavy atom. The molecule has 0 aromatic rings. The summed E-state index contributed by atoms with van der Waals surface area (Å²) in [6.07, 6.45) is 6.55. The van der Waals surface area contributed by atoms with Crippen LogP contribution >= 0.6 is 0 Å². The summed E-state index contributed by atoms with van der Waals surface area (Å²) in [4.78, 5) is 12.8. The quantitative estimate of drug-likeness (QED) is 0.781. The van der Waals surface area contributed by atoms with Gasteiger partial charge in [0.15, 0.2) is 5.78 Å². The number of rotatable bonds is 2. The zero-order valence-corrected chi connectivity index (χ0v) is 13.1. The Morgan fingerprint density at radius 3 is 2.90 bits per heavy atom. The summed E-state index contributed by atoms with van der Waals surface area (Å²) in [6, 6.07) is 2.23. The third-order valence-corrected chi connectivity index (χ3v) is 7.18. The van der Waals surface area contributed by atoms with Crippen molar-refractivity contribution in [3.63, 3.8) is 0 Å². The molecule has 0 amide bonds. The van der Waals surface area contributed by atoms with E-state index in [4.69, 9.17) is 10.00 Å². The lowest BCUT2D eigenvalue weighted by Crippen LogP contribution is -2.57. The lowest BCUT2D eigenvalue weighted by atomic mass is 9.49. The van der Waals surface area contributed by atoms with Crippen molar-refractivity contribution in [2.45, 2.75) is 64.6 Å². The summed E-state index contributed by atoms with van der Waals surface area (Å²) >= 11 is 0. The minimum absolute atomic E-state index is 0.0206. The predicted octanol–water partition coefficient (Wildman–Crippen LogP) is 3.40. The average molecular weight is 285 g/mol. The first-order valence-corrected chi connectivity index (χ1v) is 8.14. The fraction of sp³-hybridized carbons (Fsp3) is 0.778. The first-order valence-electron chi connectivity index (χ1n) is 8.14. The molecular weight excluding hydrogens is 262 g/mol. The molecule has 21 heavy (non-hydrogen) atoms. The van der Waals surface area contributed by atoms with Crippen LogP contribution in [0.15, 0.2) is 11.6 Å². The van der Waals surface area contributed by atoms with Gasteiger partial charge in [0.25, 0.3) is 0 Å². The van der Waals surface area contributed by atoms with Gasteiger partial charge in [0.2, 0.25) is 0 Å². The lowest BCUT2D eigenvalue weighted by Gasteiger charge is -2.57. The Labute approximate surface area is 126 Å². The van der Waals surface area contributed by atoms with E-state index >= 15 is 0 Å². The second kappa shape index (κ2) is 3.79. The lowest BCUT2D eigenvalue weighted by molar-refractivity contribution is -0.171. The maximum Gasteiger partial charge on any atom is 0.161 e. The van der Waals surface area contributed by atoms with Crippen LogP contribution < -0.4 is 0 Å². The molecule has 5 aliphatic rings. The van der Waals surface area contributed by atoms with Gasteiger partial charge in [-0.2, -0.15) is 5.26 Å². The van der Waals surface area contributed by atoms with E-state index < -0.39 is 5.41 Å². The van der Waals surface area contributed by atoms with Gasteiger partial charge < -0.3 is 4.74 Å². The summed E-state index contributed by atoms with van der Waals surface area (Å²) < 4.78 is 6.41. The van der Waals surface area contributed by atoms with E-state index in [1.165, 1.54) is 12.0 Å². The number of ether oxygens (including phenoxy) is 1. The van der Waals surface area contributed by atoms with E-state index in [1.54, 1.807) is 0 Å². The molecule has 0 radical (unpaired) electrons. The molecule has 5 rings (SSSR count). The number of hydrogen-bond acceptors (Lipinski definition) is 3. The third-order valence-electron chi connectivity index (χ3n) is 7.18. The van der Waals surface area contributed by atoms with Crippen LogP contribution in [-0.2, 0) is 9.53 Å². The van der Waals surface area contributed by atoms with E-state index in [0.29, 0.717) is 18.8 Å². The van der Waals surface area contributed by atoms with E-state index in [1.807, 2.05) is 6.08 Å². The molecule has 112 valence electrons. The number of nitriles is 1. The summed E-state index contributed by atoms with van der Waals surface area (Å²) in [5, 5.41) is 8.98. The maximum atomic E-state index is 12.8. The van der Waals surface area contributed by atoms with Gasteiger partial charge in [0.1, 0.15) is 0 Å². The van der Waals surface area contributed by atoms with Crippen LogP contribution in [0.2, 0.25) is 0 Å². The normalized spacial score (nSPS) is 53.5. The fourth-order valence-corrected chi connectivity index (χ4v) is 6.26. The van der Waals surface area contributed by atoms with Crippen molar-refractivity contribution >= 4 is 5.78 Å². The van der Waals surface area contributed by atoms with Gasteiger partial charge in [0, 0.05) is 23.2 Å². The summed E-state index contributed by atoms with van der Waals surface area (Å²) in [5.74, 6) is 1.13. The topological polar surface area (TPSA) is 50.1 Å². The third kappa shape index (κ3) is 1.40. The highest BCUT2D eigenvalue weighted by Crippen LogP contribution is 2.73. The molecule has 4 fully saturated rings. The highest BCUT2D eigenvalue weighted by atomic mass is 16.5. The number of carbonyl (C=O) groups excluding carboxylic acids is 1. The Morgan fingerprint density at radius 2 is 2.24 bits per heavy atom. The molecular formula is C18H23NO2. The van der Waals surface area contributed by atoms with Gasteiger partial charge in [-0.1, -0.05) is 12.5 Å². The second-order valence-electron chi connectivity index (χ2n) is 8.18. The first kappa shape index (κ1) is 13.5. The van der Waals surface area contributed by atoms with E-state index in [0.717, 1.165) is 12.8 Å². The van der Waals surface area contributed by atoms with E-state index in [2.05, 4.69) is 26.8 Å². The highest BCUT2D eigenvalue weighted by molar-refractivity contribution is 5.97. The number of nitrogens with zero attached hydrogens (tertiary/aromatic N) is 1. The van der Waals surface area contributed by atoms with Gasteiger partial charge in [-0.3, -0.25) is 4.79 Å². The molecule has 3 heteroatoms. The molecule has 3 aliphatic carbocycles. The molecule has 0 aromatic carbocycles. The molecule has 0 aromatic heterocycles. The van der Waals surface area contributed by atoms with Crippen molar-refractivity contribution in [2.24, 2.45) is 22.7 Å². The van der Waals surface area contributed by atoms with Crippen LogP contribution in [0.3, 0.4) is 0 Å². The van der Waals surface area contributed by atoms with Crippen molar-refractivity contribution in [1.82, 2.24) is 0 Å². The largest absolute Gasteiger partial charge is 0.371 e. The molecule has 2 saturated carbocycles.